The van der Waals surface area contributed by atoms with E-state index in [4.69, 9.17) is 21.8 Å². The van der Waals surface area contributed by atoms with Gasteiger partial charge in [-0.3, -0.25) is 9.78 Å². The van der Waals surface area contributed by atoms with E-state index in [1.165, 1.54) is 0 Å². The molecule has 0 saturated carbocycles. The van der Waals surface area contributed by atoms with Crippen LogP contribution in [0.15, 0.2) is 36.7 Å². The van der Waals surface area contributed by atoms with Gasteiger partial charge in [0, 0.05) is 24.2 Å². The van der Waals surface area contributed by atoms with Crippen molar-refractivity contribution in [1.29, 1.82) is 5.26 Å². The van der Waals surface area contributed by atoms with E-state index in [9.17, 15) is 4.79 Å². The third kappa shape index (κ3) is 4.29. The lowest BCUT2D eigenvalue weighted by atomic mass is 9.74. The van der Waals surface area contributed by atoms with Gasteiger partial charge in [-0.1, -0.05) is 11.6 Å². The van der Waals surface area contributed by atoms with Crippen LogP contribution in [0.2, 0.25) is 5.02 Å². The summed E-state index contributed by atoms with van der Waals surface area (Å²) in [5.41, 5.74) is 3.23. The Morgan fingerprint density at radius 2 is 2.00 bits per heavy atom. The van der Waals surface area contributed by atoms with Crippen molar-refractivity contribution in [2.75, 3.05) is 18.0 Å². The van der Waals surface area contributed by atoms with Gasteiger partial charge in [-0.2, -0.15) is 5.26 Å². The molecule has 174 valence electrons. The number of rotatable bonds is 5. The normalized spacial score (nSPS) is 16.2. The Hall–Kier alpha value is -2.37. The Labute approximate surface area is 210 Å². The molecule has 1 N–H and O–H groups in total. The van der Waals surface area contributed by atoms with Crippen molar-refractivity contribution in [3.63, 3.8) is 0 Å². The maximum absolute atomic E-state index is 13.8. The molecule has 1 saturated heterocycles. The fraction of sp³-hybridized carbons (Fsp3) is 0.391. The maximum Gasteiger partial charge on any atom is 0.238 e. The van der Waals surface area contributed by atoms with E-state index in [1.54, 1.807) is 12.4 Å². The number of hydrogen-bond acceptors (Lipinski definition) is 5. The van der Waals surface area contributed by atoms with Gasteiger partial charge in [0.15, 0.2) is 0 Å². The molecule has 0 aliphatic carbocycles. The van der Waals surface area contributed by atoms with Crippen LogP contribution >= 0.6 is 36.4 Å². The minimum Gasteiger partial charge on any atom is -0.326 e. The van der Waals surface area contributed by atoms with Crippen LogP contribution in [0.5, 0.6) is 0 Å². The van der Waals surface area contributed by atoms with Crippen LogP contribution < -0.4 is 10.2 Å². The summed E-state index contributed by atoms with van der Waals surface area (Å²) in [6.07, 6.45) is 6.33. The van der Waals surface area contributed by atoms with Crippen LogP contribution in [0.1, 0.15) is 37.1 Å². The molecule has 10 heteroatoms. The topological polar surface area (TPSA) is 86.8 Å². The highest BCUT2D eigenvalue weighted by Crippen LogP contribution is 2.47. The Bertz CT molecular complexity index is 1200. The minimum atomic E-state index is -0.482. The van der Waals surface area contributed by atoms with E-state index in [0.717, 1.165) is 60.5 Å². The number of benzene rings is 1. The Morgan fingerprint density at radius 3 is 2.76 bits per heavy atom. The van der Waals surface area contributed by atoms with Crippen molar-refractivity contribution >= 4 is 59.0 Å². The number of carbonyl (C=O) groups excluding carboxylic acids is 1. The molecule has 3 aromatic rings. The summed E-state index contributed by atoms with van der Waals surface area (Å²) < 4.78 is 2.11. The van der Waals surface area contributed by atoms with Crippen LogP contribution in [-0.4, -0.2) is 33.5 Å². The number of pyridine rings is 1. The first-order valence-electron chi connectivity index (χ1n) is 10.6. The smallest absolute Gasteiger partial charge is 0.238 e. The summed E-state index contributed by atoms with van der Waals surface area (Å²) in [6, 6.07) is 9.85. The number of aromatic nitrogens is 3. The molecule has 7 nitrogen and oxygen atoms in total. The second-order valence-electron chi connectivity index (χ2n) is 8.19. The predicted molar refractivity (Wildman–Crippen MR) is 133 cm³/mol. The molecule has 0 unspecified atom stereocenters. The molecule has 2 aliphatic rings. The van der Waals surface area contributed by atoms with Crippen molar-refractivity contribution in [2.45, 2.75) is 44.2 Å². The first-order valence-corrected chi connectivity index (χ1v) is 11.0. The first-order chi connectivity index (χ1) is 15.1. The third-order valence-corrected chi connectivity index (χ3v) is 6.71. The number of unbranched alkanes of at least 4 members (excludes halogenated alkanes) is 1. The largest absolute Gasteiger partial charge is 0.326 e. The molecule has 0 atom stereocenters. The van der Waals surface area contributed by atoms with Gasteiger partial charge in [-0.05, 0) is 62.2 Å². The van der Waals surface area contributed by atoms with Gasteiger partial charge in [0.05, 0.1) is 40.9 Å². The third-order valence-electron chi connectivity index (χ3n) is 6.48. The number of piperidine rings is 1. The molecule has 1 amide bonds. The van der Waals surface area contributed by atoms with Crippen LogP contribution in [0.25, 0.3) is 11.0 Å². The average Bonchev–Trinajstić information content (AvgIpc) is 3.23. The Balaban J connectivity index is 0.00000153. The van der Waals surface area contributed by atoms with E-state index < -0.39 is 5.41 Å². The van der Waals surface area contributed by atoms with Crippen LogP contribution in [0.4, 0.5) is 5.69 Å². The van der Waals surface area contributed by atoms with Gasteiger partial charge in [-0.15, -0.1) is 24.8 Å². The van der Waals surface area contributed by atoms with Gasteiger partial charge in [-0.25, -0.2) is 4.98 Å². The lowest BCUT2D eigenvalue weighted by molar-refractivity contribution is -0.124. The molecule has 1 aromatic carbocycles. The Kier molecular flexibility index (Phi) is 7.86. The van der Waals surface area contributed by atoms with Gasteiger partial charge < -0.3 is 14.8 Å². The fourth-order valence-corrected chi connectivity index (χ4v) is 5.13. The van der Waals surface area contributed by atoms with Crippen LogP contribution in [-0.2, 0) is 23.3 Å². The molecular weight excluding hydrogens is 483 g/mol. The quantitative estimate of drug-likeness (QED) is 0.517. The predicted octanol–water partition coefficient (Wildman–Crippen LogP) is 4.40. The lowest BCUT2D eigenvalue weighted by Gasteiger charge is -2.33. The Morgan fingerprint density at radius 1 is 1.21 bits per heavy atom. The summed E-state index contributed by atoms with van der Waals surface area (Å²) in [7, 11) is 0. The van der Waals surface area contributed by atoms with Gasteiger partial charge in [0.25, 0.3) is 0 Å². The molecule has 2 aromatic heterocycles. The monoisotopic (exact) mass is 506 g/mol. The summed E-state index contributed by atoms with van der Waals surface area (Å²) in [5, 5.41) is 13.0. The molecular formula is C23H25Cl3N6O. The summed E-state index contributed by atoms with van der Waals surface area (Å²) in [5.74, 6) is 0.926. The fourth-order valence-electron chi connectivity index (χ4n) is 4.96. The van der Waals surface area contributed by atoms with Gasteiger partial charge in [0.1, 0.15) is 5.82 Å². The number of imidazole rings is 1. The van der Waals surface area contributed by atoms with E-state index in [2.05, 4.69) is 20.9 Å². The number of anilines is 1. The number of amides is 1. The molecule has 33 heavy (non-hydrogen) atoms. The SMILES string of the molecule is Cl.Cl.N#CCCCn1c(CN2C(=O)C3(CCNCC3)c3ccncc32)nc2cc(Cl)ccc21. The van der Waals surface area contributed by atoms with Crippen molar-refractivity contribution in [2.24, 2.45) is 0 Å². The van der Waals surface area contributed by atoms with E-state index in [0.29, 0.717) is 24.5 Å². The number of aryl methyl sites for hydroxylation is 1. The second kappa shape index (κ2) is 10.3. The first kappa shape index (κ1) is 25.3. The molecule has 1 fully saturated rings. The van der Waals surface area contributed by atoms with Gasteiger partial charge in [0.2, 0.25) is 5.91 Å². The highest BCUT2D eigenvalue weighted by molar-refractivity contribution is 6.31. The second-order valence-corrected chi connectivity index (χ2v) is 8.63. The number of nitrogens with zero attached hydrogens (tertiary/aromatic N) is 5. The van der Waals surface area contributed by atoms with E-state index in [-0.39, 0.29) is 30.7 Å². The zero-order valence-electron chi connectivity index (χ0n) is 18.0. The maximum atomic E-state index is 13.8. The molecule has 0 radical (unpaired) electrons. The number of nitrogens with one attached hydrogen (secondary N) is 1. The summed E-state index contributed by atoms with van der Waals surface area (Å²) in [6.45, 7) is 2.68. The van der Waals surface area contributed by atoms with E-state index >= 15 is 0 Å². The lowest BCUT2D eigenvalue weighted by Crippen LogP contribution is -2.47. The number of hydrogen-bond donors (Lipinski definition) is 1. The minimum absolute atomic E-state index is 0. The van der Waals surface area contributed by atoms with Crippen molar-refractivity contribution in [1.82, 2.24) is 19.9 Å². The zero-order chi connectivity index (χ0) is 21.4. The highest BCUT2D eigenvalue weighted by atomic mass is 35.5. The molecule has 5 rings (SSSR count). The number of fused-ring (bicyclic) bond motifs is 3. The number of carbonyl (C=O) groups is 1. The van der Waals surface area contributed by atoms with Gasteiger partial charge >= 0.3 is 0 Å². The highest BCUT2D eigenvalue weighted by Gasteiger charge is 2.51. The van der Waals surface area contributed by atoms with Crippen molar-refractivity contribution in [3.8, 4) is 6.07 Å². The summed E-state index contributed by atoms with van der Waals surface area (Å²) >= 11 is 6.19. The number of nitriles is 1. The van der Waals surface area contributed by atoms with Crippen LogP contribution in [0.3, 0.4) is 0 Å². The van der Waals surface area contributed by atoms with Crippen LogP contribution in [0, 0.1) is 11.3 Å². The number of halogens is 3. The molecule has 1 spiro atoms. The van der Waals surface area contributed by atoms with E-state index in [1.807, 2.05) is 29.2 Å². The van der Waals surface area contributed by atoms with Crippen molar-refractivity contribution < 1.29 is 4.79 Å². The molecule has 2 aliphatic heterocycles. The van der Waals surface area contributed by atoms with Crippen molar-refractivity contribution in [3.05, 3.63) is 53.1 Å². The standard InChI is InChI=1S/C23H23ClN6O.2ClH/c24-16-3-4-19-18(13-16)28-21(29(19)12-2-1-8-25)15-30-20-14-27-9-5-17(20)23(22(30)31)6-10-26-11-7-23;;/h3-5,9,13-14,26H,1-2,6-7,10-12,15H2;2*1H. The molecule has 0 bridgehead atoms. The average molecular weight is 508 g/mol. The molecule has 4 heterocycles. The summed E-state index contributed by atoms with van der Waals surface area (Å²) in [4.78, 5) is 24.7. The zero-order valence-corrected chi connectivity index (χ0v) is 20.3.